The second-order valence-corrected chi connectivity index (χ2v) is 7.33. The zero-order valence-electron chi connectivity index (χ0n) is 14.1. The van der Waals surface area contributed by atoms with Crippen molar-refractivity contribution < 1.29 is 27.9 Å². The summed E-state index contributed by atoms with van der Waals surface area (Å²) in [5, 5.41) is -0.124. The molecule has 2 aromatic rings. The van der Waals surface area contributed by atoms with E-state index in [0.717, 1.165) is 18.2 Å². The third-order valence-corrected chi connectivity index (χ3v) is 4.85. The van der Waals surface area contributed by atoms with Gasteiger partial charge in [0.05, 0.1) is 1.37 Å². The molecule has 0 saturated carbocycles. The Balaban J connectivity index is 1.88. The van der Waals surface area contributed by atoms with Crippen LogP contribution in [0.4, 0.5) is 4.39 Å². The van der Waals surface area contributed by atoms with Gasteiger partial charge in [0, 0.05) is 10.6 Å². The van der Waals surface area contributed by atoms with E-state index in [1.54, 1.807) is 30.3 Å². The standard InChI is InChI=1S/C17H13ClFNO5S/c18-13-7-6-11(19)8-12(13)15-14(21)16(17(20)24-15)25-26(22,23)9-10-4-2-1-3-5-10/h1-8,15H,9,20H2/t15-/m0/s1/i15D. The third-order valence-electron chi connectivity index (χ3n) is 3.42. The highest BCUT2D eigenvalue weighted by Crippen LogP contribution is 2.36. The Hall–Kier alpha value is -2.58. The largest absolute Gasteiger partial charge is 0.460 e. The lowest BCUT2D eigenvalue weighted by Gasteiger charge is -2.11. The van der Waals surface area contributed by atoms with E-state index < -0.39 is 45.2 Å². The minimum absolute atomic E-state index is 0.124. The minimum atomic E-state index is -4.26. The molecule has 0 aliphatic carbocycles. The molecule has 1 aliphatic rings. The lowest BCUT2D eigenvalue weighted by atomic mass is 10.1. The van der Waals surface area contributed by atoms with Crippen molar-refractivity contribution in [1.82, 2.24) is 0 Å². The highest BCUT2D eigenvalue weighted by atomic mass is 35.5. The van der Waals surface area contributed by atoms with Crippen LogP contribution in [0.15, 0.2) is 60.2 Å². The number of ketones is 1. The summed E-state index contributed by atoms with van der Waals surface area (Å²) >= 11 is 5.93. The fourth-order valence-electron chi connectivity index (χ4n) is 2.28. The molecule has 136 valence electrons. The van der Waals surface area contributed by atoms with Gasteiger partial charge in [-0.15, -0.1) is 0 Å². The summed E-state index contributed by atoms with van der Waals surface area (Å²) in [6.07, 6.45) is -2.55. The van der Waals surface area contributed by atoms with Gasteiger partial charge < -0.3 is 14.7 Å². The lowest BCUT2D eigenvalue weighted by Crippen LogP contribution is -2.16. The van der Waals surface area contributed by atoms with Crippen molar-refractivity contribution in [3.63, 3.8) is 0 Å². The molecule has 0 unspecified atom stereocenters. The van der Waals surface area contributed by atoms with Gasteiger partial charge in [0.2, 0.25) is 17.4 Å². The van der Waals surface area contributed by atoms with Gasteiger partial charge >= 0.3 is 10.1 Å². The SMILES string of the molecule is [2H][C@@]1(c2cc(F)ccc2Cl)OC(N)=C(OS(=O)(=O)Cc2ccccc2)C1=O. The van der Waals surface area contributed by atoms with Gasteiger partial charge in [-0.2, -0.15) is 8.42 Å². The molecule has 9 heteroatoms. The van der Waals surface area contributed by atoms with Gasteiger partial charge in [-0.25, -0.2) is 4.39 Å². The van der Waals surface area contributed by atoms with Crippen molar-refractivity contribution in [3.8, 4) is 0 Å². The second kappa shape index (κ2) is 6.97. The Morgan fingerprint density at radius 3 is 2.65 bits per heavy atom. The molecule has 0 radical (unpaired) electrons. The molecule has 1 heterocycles. The molecule has 3 rings (SSSR count). The molecule has 1 atom stereocenters. The summed E-state index contributed by atoms with van der Waals surface area (Å²) in [6.45, 7) is 0. The van der Waals surface area contributed by atoms with Gasteiger partial charge in [0.25, 0.3) is 0 Å². The zero-order valence-corrected chi connectivity index (χ0v) is 14.7. The quantitative estimate of drug-likeness (QED) is 0.778. The van der Waals surface area contributed by atoms with Gasteiger partial charge in [-0.05, 0) is 23.8 Å². The number of hydrogen-bond donors (Lipinski definition) is 1. The molecular weight excluding hydrogens is 385 g/mol. The van der Waals surface area contributed by atoms with Crippen molar-refractivity contribution in [3.05, 3.63) is 82.1 Å². The number of Topliss-reactive ketones (excluding diaryl/α,β-unsaturated/α-hetero) is 1. The first-order chi connectivity index (χ1) is 12.6. The topological polar surface area (TPSA) is 95.7 Å². The van der Waals surface area contributed by atoms with Gasteiger partial charge in [-0.1, -0.05) is 41.9 Å². The Bertz CT molecular complexity index is 1040. The van der Waals surface area contributed by atoms with Crippen LogP contribution < -0.4 is 5.73 Å². The molecule has 26 heavy (non-hydrogen) atoms. The number of halogens is 2. The predicted octanol–water partition coefficient (Wildman–Crippen LogP) is 2.79. The van der Waals surface area contributed by atoms with Crippen LogP contribution in [0, 0.1) is 5.82 Å². The van der Waals surface area contributed by atoms with E-state index in [1.807, 2.05) is 0 Å². The first kappa shape index (κ1) is 16.9. The van der Waals surface area contributed by atoms with E-state index in [1.165, 1.54) is 0 Å². The fraction of sp³-hybridized carbons (Fsp3) is 0.118. The molecular formula is C17H13ClFNO5S. The highest BCUT2D eigenvalue weighted by molar-refractivity contribution is 7.86. The number of carbonyl (C=O) groups excluding carboxylic acids is 1. The molecule has 0 fully saturated rings. The summed E-state index contributed by atoms with van der Waals surface area (Å²) in [5.74, 6) is -4.04. The van der Waals surface area contributed by atoms with Crippen molar-refractivity contribution in [2.24, 2.45) is 5.73 Å². The number of nitrogens with two attached hydrogens (primary N) is 1. The molecule has 0 amide bonds. The monoisotopic (exact) mass is 398 g/mol. The average molecular weight is 399 g/mol. The Morgan fingerprint density at radius 1 is 1.27 bits per heavy atom. The molecule has 6 nitrogen and oxygen atoms in total. The molecule has 0 bridgehead atoms. The number of carbonyl (C=O) groups is 1. The molecule has 1 aliphatic heterocycles. The Labute approximate surface area is 155 Å². The van der Waals surface area contributed by atoms with E-state index in [2.05, 4.69) is 0 Å². The summed E-state index contributed by atoms with van der Waals surface area (Å²) < 4.78 is 56.1. The van der Waals surface area contributed by atoms with E-state index >= 15 is 0 Å². The van der Waals surface area contributed by atoms with Crippen LogP contribution in [-0.4, -0.2) is 14.2 Å². The van der Waals surface area contributed by atoms with Crippen molar-refractivity contribution >= 4 is 27.5 Å². The van der Waals surface area contributed by atoms with E-state index in [-0.39, 0.29) is 10.6 Å². The van der Waals surface area contributed by atoms with Crippen LogP contribution in [0.1, 0.15) is 18.6 Å². The van der Waals surface area contributed by atoms with Crippen LogP contribution in [0.3, 0.4) is 0 Å². The zero-order chi connectivity index (χ0) is 19.8. The summed E-state index contributed by atoms with van der Waals surface area (Å²) in [4.78, 5) is 12.6. The maximum absolute atomic E-state index is 13.5. The number of hydrogen-bond acceptors (Lipinski definition) is 6. The van der Waals surface area contributed by atoms with Gasteiger partial charge in [0.15, 0.2) is 6.08 Å². The fourth-order valence-corrected chi connectivity index (χ4v) is 3.55. The van der Waals surface area contributed by atoms with Crippen LogP contribution in [0.5, 0.6) is 0 Å². The maximum atomic E-state index is 13.5. The van der Waals surface area contributed by atoms with E-state index in [9.17, 15) is 17.6 Å². The Morgan fingerprint density at radius 2 is 1.96 bits per heavy atom. The molecule has 0 aromatic heterocycles. The minimum Gasteiger partial charge on any atom is -0.460 e. The van der Waals surface area contributed by atoms with Gasteiger partial charge in [-0.3, -0.25) is 4.79 Å². The van der Waals surface area contributed by atoms with E-state index in [4.69, 9.17) is 27.6 Å². The smallest absolute Gasteiger partial charge is 0.313 e. The van der Waals surface area contributed by atoms with Crippen LogP contribution in [0.25, 0.3) is 0 Å². The van der Waals surface area contributed by atoms with Crippen molar-refractivity contribution in [2.45, 2.75) is 11.8 Å². The van der Waals surface area contributed by atoms with Gasteiger partial charge in [0.1, 0.15) is 11.6 Å². The normalized spacial score (nSPS) is 20.7. The first-order valence-electron chi connectivity index (χ1n) is 7.77. The third kappa shape index (κ3) is 3.81. The summed E-state index contributed by atoms with van der Waals surface area (Å²) in [6, 6.07) is 11.1. The highest BCUT2D eigenvalue weighted by Gasteiger charge is 2.40. The number of rotatable bonds is 5. The molecule has 2 N–H and O–H groups in total. The molecule has 2 aromatic carbocycles. The Kier molecular flexibility index (Phi) is 4.52. The van der Waals surface area contributed by atoms with Crippen molar-refractivity contribution in [2.75, 3.05) is 0 Å². The maximum Gasteiger partial charge on any atom is 0.313 e. The van der Waals surface area contributed by atoms with Crippen LogP contribution >= 0.6 is 11.6 Å². The molecule has 0 saturated heterocycles. The van der Waals surface area contributed by atoms with Crippen LogP contribution in [0.2, 0.25) is 5.02 Å². The predicted molar refractivity (Wildman–Crippen MR) is 91.6 cm³/mol. The first-order valence-corrected chi connectivity index (χ1v) is 9.23. The van der Waals surface area contributed by atoms with Crippen LogP contribution in [-0.2, 0) is 29.6 Å². The number of ether oxygens (including phenoxy) is 1. The molecule has 0 spiro atoms. The lowest BCUT2D eigenvalue weighted by molar-refractivity contribution is -0.123. The summed E-state index contributed by atoms with van der Waals surface area (Å²) in [5.41, 5.74) is 5.66. The average Bonchev–Trinajstić information content (AvgIpc) is 2.81. The van der Waals surface area contributed by atoms with E-state index in [0.29, 0.717) is 5.56 Å². The van der Waals surface area contributed by atoms with Crippen molar-refractivity contribution in [1.29, 1.82) is 0 Å². The second-order valence-electron chi connectivity index (χ2n) is 5.35. The number of benzene rings is 2. The summed E-state index contributed by atoms with van der Waals surface area (Å²) in [7, 11) is -4.26.